The zero-order chi connectivity index (χ0) is 22.3. The number of aromatic nitrogens is 2. The number of aryl methyl sites for hydroxylation is 3. The summed E-state index contributed by atoms with van der Waals surface area (Å²) in [4.78, 5) is 13.4. The smallest absolute Gasteiger partial charge is 0.295 e. The molecule has 1 N–H and O–H groups in total. The Bertz CT molecular complexity index is 1460. The lowest BCUT2D eigenvalue weighted by atomic mass is 10.2. The van der Waals surface area contributed by atoms with Crippen molar-refractivity contribution in [2.24, 2.45) is 14.1 Å². The fourth-order valence-corrected chi connectivity index (χ4v) is 5.42. The summed E-state index contributed by atoms with van der Waals surface area (Å²) in [5.41, 5.74) is 2.37. The molecule has 1 aromatic heterocycles. The van der Waals surface area contributed by atoms with Crippen LogP contribution in [0.25, 0.3) is 11.0 Å². The number of halogens is 1. The molecule has 0 amide bonds. The van der Waals surface area contributed by atoms with Gasteiger partial charge in [-0.15, -0.1) is 0 Å². The summed E-state index contributed by atoms with van der Waals surface area (Å²) in [7, 11) is -0.904. The van der Waals surface area contributed by atoms with Gasteiger partial charge in [0.1, 0.15) is 10.7 Å². The van der Waals surface area contributed by atoms with Crippen LogP contribution in [0.1, 0.15) is 5.56 Å². The van der Waals surface area contributed by atoms with Gasteiger partial charge in [0, 0.05) is 23.9 Å². The average molecular weight is 458 g/mol. The van der Waals surface area contributed by atoms with Crippen LogP contribution in [-0.2, 0) is 24.1 Å². The second-order valence-corrected chi connectivity index (χ2v) is 9.95. The minimum atomic E-state index is -4.18. The molecule has 0 bridgehead atoms. The third-order valence-corrected chi connectivity index (χ3v) is 7.46. The number of fused-ring (bicyclic) bond motifs is 1. The minimum absolute atomic E-state index is 0.226. The summed E-state index contributed by atoms with van der Waals surface area (Å²) in [5, 5.41) is 0. The van der Waals surface area contributed by atoms with Gasteiger partial charge in [0.15, 0.2) is 0 Å². The molecule has 0 fully saturated rings. The Labute approximate surface area is 183 Å². The van der Waals surface area contributed by atoms with Gasteiger partial charge in [0.05, 0.1) is 16.7 Å². The maximum absolute atomic E-state index is 14.2. The molecule has 4 aromatic rings. The van der Waals surface area contributed by atoms with Crippen LogP contribution < -0.4 is 10.4 Å². The van der Waals surface area contributed by atoms with E-state index < -0.39 is 20.7 Å². The van der Waals surface area contributed by atoms with E-state index in [4.69, 9.17) is 0 Å². The highest BCUT2D eigenvalue weighted by Crippen LogP contribution is 2.37. The van der Waals surface area contributed by atoms with Crippen molar-refractivity contribution in [3.05, 3.63) is 82.5 Å². The van der Waals surface area contributed by atoms with Crippen molar-refractivity contribution in [3.63, 3.8) is 0 Å². The Kier molecular flexibility index (Phi) is 5.40. The molecule has 0 spiro atoms. The third-order valence-electron chi connectivity index (χ3n) is 4.99. The Balaban J connectivity index is 1.87. The summed E-state index contributed by atoms with van der Waals surface area (Å²) in [5.74, 6) is -0.837. The molecule has 4 rings (SSSR count). The summed E-state index contributed by atoms with van der Waals surface area (Å²) < 4.78 is 45.5. The van der Waals surface area contributed by atoms with Gasteiger partial charge in [-0.05, 0) is 43.3 Å². The number of imidazole rings is 1. The van der Waals surface area contributed by atoms with Crippen molar-refractivity contribution >= 4 is 38.5 Å². The molecular weight excluding hydrogens is 437 g/mol. The molecule has 0 unspecified atom stereocenters. The number of nitrogens with zero attached hydrogens (tertiary/aromatic N) is 2. The van der Waals surface area contributed by atoms with Gasteiger partial charge in [0.2, 0.25) is 0 Å². The van der Waals surface area contributed by atoms with E-state index in [-0.39, 0.29) is 11.4 Å². The highest BCUT2D eigenvalue weighted by atomic mass is 32.2. The highest BCUT2D eigenvalue weighted by Gasteiger charge is 2.22. The maximum Gasteiger partial charge on any atom is 0.328 e. The Hall–Kier alpha value is -3.04. The number of benzene rings is 3. The van der Waals surface area contributed by atoms with Crippen LogP contribution in [0, 0.1) is 12.7 Å². The maximum atomic E-state index is 14.2. The average Bonchev–Trinajstić information content (AvgIpc) is 2.93. The number of hydrogen-bond acceptors (Lipinski definition) is 4. The van der Waals surface area contributed by atoms with E-state index in [9.17, 15) is 17.6 Å². The van der Waals surface area contributed by atoms with Gasteiger partial charge in [-0.25, -0.2) is 17.6 Å². The highest BCUT2D eigenvalue weighted by molar-refractivity contribution is 7.99. The summed E-state index contributed by atoms with van der Waals surface area (Å²) >= 11 is 1.36. The molecule has 0 radical (unpaired) electrons. The Morgan fingerprint density at radius 1 is 0.935 bits per heavy atom. The summed E-state index contributed by atoms with van der Waals surface area (Å²) in [6, 6.07) is 16.4. The second-order valence-electron chi connectivity index (χ2n) is 7.19. The lowest BCUT2D eigenvalue weighted by Gasteiger charge is -2.14. The van der Waals surface area contributed by atoms with Crippen LogP contribution in [-0.4, -0.2) is 17.6 Å². The molecule has 0 saturated carbocycles. The van der Waals surface area contributed by atoms with Crippen LogP contribution in [0.3, 0.4) is 0 Å². The standard InChI is InChI=1S/C22H20FN3O3S2/c1-14-8-10-15(11-9-14)30-20-13-19-18(25(2)22(27)26(19)3)12-17(20)24-31(28,29)21-7-5-4-6-16(21)23/h4-13,24H,1-3H3. The first kappa shape index (κ1) is 21.2. The number of sulfonamides is 1. The Morgan fingerprint density at radius 2 is 1.55 bits per heavy atom. The van der Waals surface area contributed by atoms with Gasteiger partial charge in [-0.2, -0.15) is 0 Å². The number of anilines is 1. The van der Waals surface area contributed by atoms with Gasteiger partial charge >= 0.3 is 5.69 Å². The fourth-order valence-electron chi connectivity index (χ4n) is 3.29. The predicted molar refractivity (Wildman–Crippen MR) is 121 cm³/mol. The minimum Gasteiger partial charge on any atom is -0.295 e. The van der Waals surface area contributed by atoms with E-state index in [1.807, 2.05) is 31.2 Å². The van der Waals surface area contributed by atoms with Crippen molar-refractivity contribution in [1.82, 2.24) is 9.13 Å². The van der Waals surface area contributed by atoms with Crippen LogP contribution in [0.15, 0.2) is 80.1 Å². The summed E-state index contributed by atoms with van der Waals surface area (Å²) in [6.45, 7) is 1.98. The van der Waals surface area contributed by atoms with Crippen LogP contribution in [0.4, 0.5) is 10.1 Å². The molecule has 0 aliphatic rings. The number of hydrogen-bond donors (Lipinski definition) is 1. The summed E-state index contributed by atoms with van der Waals surface area (Å²) in [6.07, 6.45) is 0. The van der Waals surface area contributed by atoms with Crippen molar-refractivity contribution < 1.29 is 12.8 Å². The number of nitrogens with one attached hydrogen (secondary N) is 1. The quantitative estimate of drug-likeness (QED) is 0.486. The van der Waals surface area contributed by atoms with E-state index in [2.05, 4.69) is 4.72 Å². The fraction of sp³-hybridized carbons (Fsp3) is 0.136. The molecule has 9 heteroatoms. The second kappa shape index (κ2) is 7.90. The molecule has 6 nitrogen and oxygen atoms in total. The zero-order valence-corrected chi connectivity index (χ0v) is 18.7. The van der Waals surface area contributed by atoms with Crippen LogP contribution in [0.2, 0.25) is 0 Å². The van der Waals surface area contributed by atoms with Gasteiger partial charge in [-0.3, -0.25) is 13.9 Å². The molecule has 160 valence electrons. The van der Waals surface area contributed by atoms with Crippen LogP contribution in [0.5, 0.6) is 0 Å². The van der Waals surface area contributed by atoms with Gasteiger partial charge < -0.3 is 0 Å². The molecule has 1 heterocycles. The third kappa shape index (κ3) is 3.98. The lowest BCUT2D eigenvalue weighted by molar-refractivity contribution is 0.570. The van der Waals surface area contributed by atoms with Crippen molar-refractivity contribution in [2.75, 3.05) is 4.72 Å². The van der Waals surface area contributed by atoms with E-state index in [0.29, 0.717) is 15.9 Å². The Morgan fingerprint density at radius 3 is 2.19 bits per heavy atom. The van der Waals surface area contributed by atoms with Crippen molar-refractivity contribution in [3.8, 4) is 0 Å². The first-order chi connectivity index (χ1) is 14.7. The largest absolute Gasteiger partial charge is 0.328 e. The van der Waals surface area contributed by atoms with E-state index >= 15 is 0 Å². The number of rotatable bonds is 5. The first-order valence-electron chi connectivity index (χ1n) is 9.39. The predicted octanol–water partition coefficient (Wildman–Crippen LogP) is 4.28. The molecule has 0 aliphatic carbocycles. The molecule has 3 aromatic carbocycles. The van der Waals surface area contributed by atoms with E-state index in [1.54, 1.807) is 26.2 Å². The molecule has 0 saturated heterocycles. The van der Waals surface area contributed by atoms with Gasteiger partial charge in [-0.1, -0.05) is 41.6 Å². The normalized spacial score (nSPS) is 11.7. The van der Waals surface area contributed by atoms with Crippen molar-refractivity contribution in [1.29, 1.82) is 0 Å². The van der Waals surface area contributed by atoms with Gasteiger partial charge in [0.25, 0.3) is 10.0 Å². The zero-order valence-electron chi connectivity index (χ0n) is 17.1. The lowest BCUT2D eigenvalue weighted by Crippen LogP contribution is -2.19. The first-order valence-corrected chi connectivity index (χ1v) is 11.7. The van der Waals surface area contributed by atoms with Crippen LogP contribution >= 0.6 is 11.8 Å². The molecule has 31 heavy (non-hydrogen) atoms. The monoisotopic (exact) mass is 457 g/mol. The molecule has 0 atom stereocenters. The van der Waals surface area contributed by atoms with E-state index in [1.165, 1.54) is 39.1 Å². The topological polar surface area (TPSA) is 73.1 Å². The van der Waals surface area contributed by atoms with E-state index in [0.717, 1.165) is 16.5 Å². The molecular formula is C22H20FN3O3S2. The SMILES string of the molecule is Cc1ccc(Sc2cc3c(cc2NS(=O)(=O)c2ccccc2F)n(C)c(=O)n3C)cc1. The van der Waals surface area contributed by atoms with Crippen molar-refractivity contribution in [2.45, 2.75) is 21.6 Å². The molecule has 0 aliphatic heterocycles.